The molecule has 106 valence electrons. The maximum Gasteiger partial charge on any atom is 0.431 e. The van der Waals surface area contributed by atoms with Gasteiger partial charge in [0.15, 0.2) is 6.29 Å². The number of halogens is 3. The van der Waals surface area contributed by atoms with Gasteiger partial charge in [0.25, 0.3) is 5.56 Å². The van der Waals surface area contributed by atoms with Crippen molar-refractivity contribution in [2.24, 2.45) is 0 Å². The maximum absolute atomic E-state index is 12.8. The number of aromatic nitrogens is 1. The molecular weight excluding hydrogens is 263 g/mol. The summed E-state index contributed by atoms with van der Waals surface area (Å²) >= 11 is 0. The minimum atomic E-state index is -4.55. The third-order valence-corrected chi connectivity index (χ3v) is 2.82. The second kappa shape index (κ2) is 5.75. The summed E-state index contributed by atoms with van der Waals surface area (Å²) in [5.41, 5.74) is -1.62. The lowest BCUT2D eigenvalue weighted by atomic mass is 10.3. The Morgan fingerprint density at radius 3 is 2.58 bits per heavy atom. The van der Waals surface area contributed by atoms with Crippen molar-refractivity contribution in [1.82, 2.24) is 4.57 Å². The molecule has 1 saturated heterocycles. The second-order valence-electron chi connectivity index (χ2n) is 4.21. The Morgan fingerprint density at radius 1 is 1.26 bits per heavy atom. The highest BCUT2D eigenvalue weighted by Crippen LogP contribution is 2.28. The van der Waals surface area contributed by atoms with Crippen LogP contribution >= 0.6 is 0 Å². The first-order valence-corrected chi connectivity index (χ1v) is 5.99. The van der Waals surface area contributed by atoms with Crippen LogP contribution in [-0.4, -0.2) is 24.1 Å². The Labute approximate surface area is 107 Å². The maximum atomic E-state index is 12.8. The zero-order chi connectivity index (χ0) is 13.9. The minimum Gasteiger partial charge on any atom is -0.353 e. The van der Waals surface area contributed by atoms with E-state index in [-0.39, 0.29) is 13.0 Å². The molecule has 0 aromatic carbocycles. The molecule has 0 spiro atoms. The fraction of sp³-hybridized carbons (Fsp3) is 0.583. The van der Waals surface area contributed by atoms with E-state index < -0.39 is 23.7 Å². The molecule has 2 heterocycles. The van der Waals surface area contributed by atoms with Gasteiger partial charge < -0.3 is 14.0 Å². The summed E-state index contributed by atoms with van der Waals surface area (Å²) in [4.78, 5) is 11.5. The van der Waals surface area contributed by atoms with Gasteiger partial charge in [0.05, 0.1) is 13.2 Å². The molecule has 1 aromatic heterocycles. The van der Waals surface area contributed by atoms with Crippen LogP contribution in [0.3, 0.4) is 0 Å². The standard InChI is InChI=1S/C12H14F3NO3/c13-12(14,15)9-3-1-4-10(17)16(9)6-5-11-18-7-2-8-19-11/h1,3-4,11H,2,5-8H2. The predicted molar refractivity (Wildman–Crippen MR) is 60.6 cm³/mol. The van der Waals surface area contributed by atoms with Gasteiger partial charge in [0, 0.05) is 19.0 Å². The molecule has 0 unspecified atom stereocenters. The smallest absolute Gasteiger partial charge is 0.353 e. The van der Waals surface area contributed by atoms with Gasteiger partial charge in [-0.3, -0.25) is 4.79 Å². The van der Waals surface area contributed by atoms with Crippen LogP contribution in [0.25, 0.3) is 0 Å². The van der Waals surface area contributed by atoms with E-state index in [0.29, 0.717) is 17.8 Å². The molecular formula is C12H14F3NO3. The van der Waals surface area contributed by atoms with Crippen LogP contribution in [0.4, 0.5) is 13.2 Å². The zero-order valence-corrected chi connectivity index (χ0v) is 10.2. The van der Waals surface area contributed by atoms with E-state index in [1.54, 1.807) is 0 Å². The number of hydrogen-bond acceptors (Lipinski definition) is 3. The van der Waals surface area contributed by atoms with Crippen LogP contribution in [0.15, 0.2) is 23.0 Å². The number of alkyl halides is 3. The Kier molecular flexibility index (Phi) is 4.26. The highest BCUT2D eigenvalue weighted by Gasteiger charge is 2.34. The van der Waals surface area contributed by atoms with Gasteiger partial charge in [-0.25, -0.2) is 0 Å². The van der Waals surface area contributed by atoms with Crippen molar-refractivity contribution in [1.29, 1.82) is 0 Å². The van der Waals surface area contributed by atoms with Gasteiger partial charge >= 0.3 is 6.18 Å². The fourth-order valence-corrected chi connectivity index (χ4v) is 1.94. The second-order valence-corrected chi connectivity index (χ2v) is 4.21. The van der Waals surface area contributed by atoms with Crippen molar-refractivity contribution in [3.63, 3.8) is 0 Å². The lowest BCUT2D eigenvalue weighted by molar-refractivity contribution is -0.183. The quantitative estimate of drug-likeness (QED) is 0.848. The van der Waals surface area contributed by atoms with Crippen LogP contribution in [0.1, 0.15) is 18.5 Å². The largest absolute Gasteiger partial charge is 0.431 e. The molecule has 0 amide bonds. The van der Waals surface area contributed by atoms with Crippen LogP contribution in [0.2, 0.25) is 0 Å². The Balaban J connectivity index is 2.12. The van der Waals surface area contributed by atoms with Gasteiger partial charge in [0.2, 0.25) is 0 Å². The predicted octanol–water partition coefficient (Wildman–Crippen LogP) is 2.02. The lowest BCUT2D eigenvalue weighted by Crippen LogP contribution is -2.31. The van der Waals surface area contributed by atoms with Crippen LogP contribution in [-0.2, 0) is 22.2 Å². The highest BCUT2D eigenvalue weighted by molar-refractivity contribution is 5.10. The molecule has 1 fully saturated rings. The molecule has 4 nitrogen and oxygen atoms in total. The summed E-state index contributed by atoms with van der Waals surface area (Å²) in [6, 6.07) is 3.11. The first kappa shape index (κ1) is 14.1. The average Bonchev–Trinajstić information content (AvgIpc) is 2.37. The third-order valence-electron chi connectivity index (χ3n) is 2.82. The highest BCUT2D eigenvalue weighted by atomic mass is 19.4. The topological polar surface area (TPSA) is 40.5 Å². The van der Waals surface area contributed by atoms with Crippen molar-refractivity contribution < 1.29 is 22.6 Å². The fourth-order valence-electron chi connectivity index (χ4n) is 1.94. The SMILES string of the molecule is O=c1cccc(C(F)(F)F)n1CCC1OCCCO1. The minimum absolute atomic E-state index is 0.0841. The molecule has 0 radical (unpaired) electrons. The molecule has 0 aliphatic carbocycles. The van der Waals surface area contributed by atoms with Gasteiger partial charge in [0.1, 0.15) is 5.69 Å². The number of nitrogens with zero attached hydrogens (tertiary/aromatic N) is 1. The van der Waals surface area contributed by atoms with E-state index in [4.69, 9.17) is 9.47 Å². The van der Waals surface area contributed by atoms with Crippen LogP contribution in [0.5, 0.6) is 0 Å². The Hall–Kier alpha value is -1.34. The van der Waals surface area contributed by atoms with E-state index in [1.165, 1.54) is 0 Å². The van der Waals surface area contributed by atoms with Crippen molar-refractivity contribution >= 4 is 0 Å². The first-order valence-electron chi connectivity index (χ1n) is 5.99. The third kappa shape index (κ3) is 3.57. The molecule has 19 heavy (non-hydrogen) atoms. The van der Waals surface area contributed by atoms with E-state index in [2.05, 4.69) is 0 Å². The lowest BCUT2D eigenvalue weighted by Gasteiger charge is -2.24. The van der Waals surface area contributed by atoms with E-state index in [0.717, 1.165) is 24.6 Å². The zero-order valence-electron chi connectivity index (χ0n) is 10.2. The number of ether oxygens (including phenoxy) is 2. The summed E-state index contributed by atoms with van der Waals surface area (Å²) in [7, 11) is 0. The Bertz CT molecular complexity index is 478. The Morgan fingerprint density at radius 2 is 1.95 bits per heavy atom. The molecule has 1 aliphatic heterocycles. The molecule has 0 saturated carbocycles. The summed E-state index contributed by atoms with van der Waals surface area (Å²) in [5, 5.41) is 0. The van der Waals surface area contributed by atoms with Crippen molar-refractivity contribution in [2.75, 3.05) is 13.2 Å². The summed E-state index contributed by atoms with van der Waals surface area (Å²) < 4.78 is 49.5. The summed E-state index contributed by atoms with van der Waals surface area (Å²) in [5.74, 6) is 0. The van der Waals surface area contributed by atoms with Gasteiger partial charge in [-0.1, -0.05) is 6.07 Å². The first-order chi connectivity index (χ1) is 8.98. The normalized spacial score (nSPS) is 17.6. The molecule has 0 bridgehead atoms. The monoisotopic (exact) mass is 277 g/mol. The number of pyridine rings is 1. The van der Waals surface area contributed by atoms with Gasteiger partial charge in [-0.15, -0.1) is 0 Å². The molecule has 0 N–H and O–H groups in total. The summed E-state index contributed by atoms with van der Waals surface area (Å²) in [6.45, 7) is 0.972. The van der Waals surface area contributed by atoms with Gasteiger partial charge in [-0.2, -0.15) is 13.2 Å². The van der Waals surface area contributed by atoms with E-state index in [9.17, 15) is 18.0 Å². The molecule has 2 rings (SSSR count). The van der Waals surface area contributed by atoms with Crippen molar-refractivity contribution in [2.45, 2.75) is 31.9 Å². The summed E-state index contributed by atoms with van der Waals surface area (Å²) in [6.07, 6.45) is -4.10. The molecule has 1 aliphatic rings. The van der Waals surface area contributed by atoms with Gasteiger partial charge in [-0.05, 0) is 12.5 Å². The van der Waals surface area contributed by atoms with E-state index in [1.807, 2.05) is 0 Å². The number of rotatable bonds is 3. The van der Waals surface area contributed by atoms with Crippen LogP contribution < -0.4 is 5.56 Å². The molecule has 0 atom stereocenters. The number of hydrogen-bond donors (Lipinski definition) is 0. The average molecular weight is 277 g/mol. The van der Waals surface area contributed by atoms with Crippen molar-refractivity contribution in [3.05, 3.63) is 34.2 Å². The van der Waals surface area contributed by atoms with Crippen LogP contribution in [0, 0.1) is 0 Å². The van der Waals surface area contributed by atoms with Crippen molar-refractivity contribution in [3.8, 4) is 0 Å². The van der Waals surface area contributed by atoms with E-state index >= 15 is 0 Å². The molecule has 1 aromatic rings. The molecule has 7 heteroatoms.